The van der Waals surface area contributed by atoms with E-state index in [0.717, 1.165) is 6.42 Å². The number of hydrogen-bond donors (Lipinski definition) is 2. The van der Waals surface area contributed by atoms with Crippen molar-refractivity contribution >= 4 is 5.84 Å². The van der Waals surface area contributed by atoms with Gasteiger partial charge in [-0.25, -0.2) is 0 Å². The number of rotatable bonds is 4. The second kappa shape index (κ2) is 4.76. The second-order valence-electron chi connectivity index (χ2n) is 4.82. The summed E-state index contributed by atoms with van der Waals surface area (Å²) >= 11 is 0. The summed E-state index contributed by atoms with van der Waals surface area (Å²) in [7, 11) is 0. The molecular weight excluding hydrogens is 236 g/mol. The summed E-state index contributed by atoms with van der Waals surface area (Å²) in [5.74, 6) is 1.19. The zero-order valence-corrected chi connectivity index (χ0v) is 10.6. The lowest BCUT2D eigenvalue weighted by molar-refractivity contribution is 0.275. The van der Waals surface area contributed by atoms with Crippen LogP contribution in [0.4, 0.5) is 0 Å². The molecule has 3 heteroatoms. The van der Waals surface area contributed by atoms with Crippen LogP contribution in [0.2, 0.25) is 0 Å². The quantitative estimate of drug-likeness (QED) is 0.649. The van der Waals surface area contributed by atoms with E-state index in [2.05, 4.69) is 24.3 Å². The van der Waals surface area contributed by atoms with Gasteiger partial charge in [0.15, 0.2) is 0 Å². The zero-order valence-electron chi connectivity index (χ0n) is 10.6. The number of amidine groups is 1. The number of nitrogens with one attached hydrogen (secondary N) is 1. The molecule has 3 N–H and O–H groups in total. The molecule has 0 aromatic heterocycles. The van der Waals surface area contributed by atoms with Crippen LogP contribution in [-0.4, -0.2) is 12.4 Å². The van der Waals surface area contributed by atoms with Gasteiger partial charge in [-0.3, -0.25) is 5.41 Å². The van der Waals surface area contributed by atoms with Crippen LogP contribution >= 0.6 is 0 Å². The molecular formula is C16H16N2O. The number of benzene rings is 2. The summed E-state index contributed by atoms with van der Waals surface area (Å²) in [6, 6.07) is 15.9. The van der Waals surface area contributed by atoms with E-state index in [-0.39, 0.29) is 5.84 Å². The fraction of sp³-hybridized carbons (Fsp3) is 0.188. The molecule has 0 bridgehead atoms. The molecule has 1 atom stereocenters. The number of ether oxygens (including phenoxy) is 1. The van der Waals surface area contributed by atoms with Crippen molar-refractivity contribution in [3.05, 3.63) is 65.2 Å². The third-order valence-corrected chi connectivity index (χ3v) is 3.58. The summed E-state index contributed by atoms with van der Waals surface area (Å²) in [5, 5.41) is 7.54. The largest absolute Gasteiger partial charge is 0.492 e. The van der Waals surface area contributed by atoms with Crippen molar-refractivity contribution in [2.24, 2.45) is 5.73 Å². The van der Waals surface area contributed by atoms with Crippen LogP contribution in [0.25, 0.3) is 0 Å². The molecule has 2 aromatic carbocycles. The molecule has 19 heavy (non-hydrogen) atoms. The molecule has 0 spiro atoms. The zero-order chi connectivity index (χ0) is 13.2. The third kappa shape index (κ3) is 2.19. The van der Waals surface area contributed by atoms with Crippen molar-refractivity contribution in [3.8, 4) is 5.75 Å². The van der Waals surface area contributed by atoms with E-state index in [9.17, 15) is 0 Å². The number of nitrogens with two attached hydrogens (primary N) is 1. The van der Waals surface area contributed by atoms with Gasteiger partial charge in [0.1, 0.15) is 11.6 Å². The monoisotopic (exact) mass is 252 g/mol. The number of hydrogen-bond acceptors (Lipinski definition) is 2. The Balaban J connectivity index is 1.70. The lowest BCUT2D eigenvalue weighted by Crippen LogP contribution is -2.23. The highest BCUT2D eigenvalue weighted by Gasteiger charge is 2.26. The number of nitrogen functional groups attached to an aromatic ring is 1. The molecule has 0 fully saturated rings. The van der Waals surface area contributed by atoms with Crippen molar-refractivity contribution in [2.75, 3.05) is 6.61 Å². The topological polar surface area (TPSA) is 59.1 Å². The average molecular weight is 252 g/mol. The first-order valence-corrected chi connectivity index (χ1v) is 6.39. The first-order valence-electron chi connectivity index (χ1n) is 6.39. The minimum atomic E-state index is 0.0459. The molecule has 0 radical (unpaired) electrons. The fourth-order valence-corrected chi connectivity index (χ4v) is 2.52. The van der Waals surface area contributed by atoms with Gasteiger partial charge in [-0.1, -0.05) is 36.4 Å². The molecule has 0 saturated heterocycles. The van der Waals surface area contributed by atoms with Crippen molar-refractivity contribution in [1.29, 1.82) is 5.41 Å². The van der Waals surface area contributed by atoms with Gasteiger partial charge in [0.2, 0.25) is 0 Å². The Morgan fingerprint density at radius 2 is 1.89 bits per heavy atom. The first-order chi connectivity index (χ1) is 9.25. The standard InChI is InChI=1S/C16H16N2O/c17-16(18)14-7-3-4-8-15(14)19-10-12-9-11-5-1-2-6-13(11)12/h1-8,12H,9-10H2,(H3,17,18). The maximum atomic E-state index is 7.54. The van der Waals surface area contributed by atoms with E-state index >= 15 is 0 Å². The predicted octanol–water partition coefficient (Wildman–Crippen LogP) is 2.69. The molecule has 0 amide bonds. The Hall–Kier alpha value is -2.29. The van der Waals surface area contributed by atoms with Gasteiger partial charge < -0.3 is 10.5 Å². The minimum absolute atomic E-state index is 0.0459. The van der Waals surface area contributed by atoms with Crippen LogP contribution in [0, 0.1) is 5.41 Å². The van der Waals surface area contributed by atoms with Crippen LogP contribution in [0.5, 0.6) is 5.75 Å². The molecule has 1 aliphatic carbocycles. The van der Waals surface area contributed by atoms with Crippen LogP contribution in [-0.2, 0) is 6.42 Å². The van der Waals surface area contributed by atoms with Gasteiger partial charge in [0.05, 0.1) is 12.2 Å². The fourth-order valence-electron chi connectivity index (χ4n) is 2.52. The Morgan fingerprint density at radius 3 is 2.68 bits per heavy atom. The van der Waals surface area contributed by atoms with Crippen LogP contribution < -0.4 is 10.5 Å². The number of para-hydroxylation sites is 1. The Labute approximate surface area is 112 Å². The van der Waals surface area contributed by atoms with E-state index in [1.54, 1.807) is 0 Å². The predicted molar refractivity (Wildman–Crippen MR) is 75.8 cm³/mol. The van der Waals surface area contributed by atoms with Gasteiger partial charge in [-0.15, -0.1) is 0 Å². The van der Waals surface area contributed by atoms with Crippen molar-refractivity contribution in [3.63, 3.8) is 0 Å². The Bertz CT molecular complexity index is 622. The van der Waals surface area contributed by atoms with E-state index in [1.807, 2.05) is 24.3 Å². The average Bonchev–Trinajstić information content (AvgIpc) is 2.40. The summed E-state index contributed by atoms with van der Waals surface area (Å²) in [6.45, 7) is 0.640. The smallest absolute Gasteiger partial charge is 0.130 e. The van der Waals surface area contributed by atoms with Gasteiger partial charge in [0, 0.05) is 5.92 Å². The second-order valence-corrected chi connectivity index (χ2v) is 4.82. The molecule has 1 aliphatic rings. The van der Waals surface area contributed by atoms with E-state index in [0.29, 0.717) is 23.8 Å². The highest BCUT2D eigenvalue weighted by Crippen LogP contribution is 2.35. The Kier molecular flexibility index (Phi) is 2.95. The first kappa shape index (κ1) is 11.8. The third-order valence-electron chi connectivity index (χ3n) is 3.58. The summed E-state index contributed by atoms with van der Waals surface area (Å²) in [4.78, 5) is 0. The highest BCUT2D eigenvalue weighted by atomic mass is 16.5. The van der Waals surface area contributed by atoms with Gasteiger partial charge in [-0.2, -0.15) is 0 Å². The summed E-state index contributed by atoms with van der Waals surface area (Å²) in [6.07, 6.45) is 1.07. The van der Waals surface area contributed by atoms with E-state index in [1.165, 1.54) is 11.1 Å². The summed E-state index contributed by atoms with van der Waals surface area (Å²) in [5.41, 5.74) is 9.00. The normalized spacial score (nSPS) is 16.3. The van der Waals surface area contributed by atoms with Gasteiger partial charge in [0.25, 0.3) is 0 Å². The number of fused-ring (bicyclic) bond motifs is 1. The van der Waals surface area contributed by atoms with E-state index in [4.69, 9.17) is 15.9 Å². The maximum Gasteiger partial charge on any atom is 0.130 e. The van der Waals surface area contributed by atoms with Crippen LogP contribution in [0.3, 0.4) is 0 Å². The SMILES string of the molecule is N=C(N)c1ccccc1OCC1Cc2ccccc21. The molecule has 3 rings (SSSR count). The molecule has 0 aliphatic heterocycles. The molecule has 1 unspecified atom stereocenters. The molecule has 96 valence electrons. The molecule has 3 nitrogen and oxygen atoms in total. The van der Waals surface area contributed by atoms with Crippen LogP contribution in [0.1, 0.15) is 22.6 Å². The van der Waals surface area contributed by atoms with Crippen molar-refractivity contribution < 1.29 is 4.74 Å². The molecule has 0 heterocycles. The van der Waals surface area contributed by atoms with Crippen molar-refractivity contribution in [1.82, 2.24) is 0 Å². The highest BCUT2D eigenvalue weighted by molar-refractivity contribution is 5.97. The Morgan fingerprint density at radius 1 is 1.16 bits per heavy atom. The lowest BCUT2D eigenvalue weighted by atomic mass is 9.78. The minimum Gasteiger partial charge on any atom is -0.492 e. The molecule has 0 saturated carbocycles. The molecule has 2 aromatic rings. The van der Waals surface area contributed by atoms with Crippen molar-refractivity contribution in [2.45, 2.75) is 12.3 Å². The lowest BCUT2D eigenvalue weighted by Gasteiger charge is -2.30. The summed E-state index contributed by atoms with van der Waals surface area (Å²) < 4.78 is 5.84. The van der Waals surface area contributed by atoms with Gasteiger partial charge >= 0.3 is 0 Å². The van der Waals surface area contributed by atoms with E-state index < -0.39 is 0 Å². The van der Waals surface area contributed by atoms with Gasteiger partial charge in [-0.05, 0) is 29.7 Å². The van der Waals surface area contributed by atoms with Crippen LogP contribution in [0.15, 0.2) is 48.5 Å². The maximum absolute atomic E-state index is 7.54.